The first kappa shape index (κ1) is 37.3. The molecule has 0 aliphatic rings. The number of rotatable bonds is 6. The Hall–Kier alpha value is -4.00. The largest absolute Gasteiger partial charge is 0.417 e. The molecule has 6 rings (SSSR count). The number of aryl methyl sites for hydroxylation is 2. The fraction of sp³-hybridized carbons (Fsp3) is 0.267. The SMILES string of the molecule is CCS(=O)(=O)c1ccc(Cl)nc1-c1nc2cc(C(F)(F)F)cnc2n1C.CCSc1ccc(Cl)nc1-c1nc2cc(C(F)(F)F)cnc2n1C. The molecule has 0 aliphatic heterocycles. The first-order valence-electron chi connectivity index (χ1n) is 14.3. The maximum atomic E-state index is 12.9. The van der Waals surface area contributed by atoms with Crippen molar-refractivity contribution in [1.82, 2.24) is 39.0 Å². The topological polar surface area (TPSA) is 121 Å². The Morgan fingerprint density at radius 1 is 0.720 bits per heavy atom. The van der Waals surface area contributed by atoms with Gasteiger partial charge in [0.2, 0.25) is 0 Å². The molecule has 0 bridgehead atoms. The molecule has 0 spiro atoms. The van der Waals surface area contributed by atoms with Gasteiger partial charge in [-0.2, -0.15) is 26.3 Å². The van der Waals surface area contributed by atoms with Gasteiger partial charge >= 0.3 is 12.4 Å². The van der Waals surface area contributed by atoms with Crippen molar-refractivity contribution >= 4 is 67.1 Å². The molecule has 6 aromatic heterocycles. The summed E-state index contributed by atoms with van der Waals surface area (Å²) in [6.07, 6.45) is -7.52. The van der Waals surface area contributed by atoms with E-state index in [2.05, 4.69) is 29.9 Å². The Kier molecular flexibility index (Phi) is 10.4. The number of imidazole rings is 2. The summed E-state index contributed by atoms with van der Waals surface area (Å²) < 4.78 is 105. The van der Waals surface area contributed by atoms with Gasteiger partial charge in [-0.1, -0.05) is 37.0 Å². The highest BCUT2D eigenvalue weighted by molar-refractivity contribution is 7.99. The predicted octanol–water partition coefficient (Wildman–Crippen LogP) is 8.31. The lowest BCUT2D eigenvalue weighted by Gasteiger charge is -2.09. The van der Waals surface area contributed by atoms with Crippen LogP contribution >= 0.6 is 35.0 Å². The first-order chi connectivity index (χ1) is 23.3. The van der Waals surface area contributed by atoms with Crippen LogP contribution in [-0.2, 0) is 36.3 Å². The van der Waals surface area contributed by atoms with Crippen LogP contribution in [-0.4, -0.2) is 59.0 Å². The molecule has 0 aliphatic carbocycles. The summed E-state index contributed by atoms with van der Waals surface area (Å²) in [7, 11) is -0.456. The van der Waals surface area contributed by atoms with Crippen LogP contribution in [0.3, 0.4) is 0 Å². The number of halogens is 8. The molecule has 0 amide bonds. The predicted molar refractivity (Wildman–Crippen MR) is 178 cm³/mol. The lowest BCUT2D eigenvalue weighted by atomic mass is 10.2. The minimum Gasteiger partial charge on any atom is -0.310 e. The monoisotopic (exact) mass is 776 g/mol. The van der Waals surface area contributed by atoms with Crippen molar-refractivity contribution < 1.29 is 34.8 Å². The Labute approximate surface area is 294 Å². The van der Waals surface area contributed by atoms with Crippen LogP contribution in [0.5, 0.6) is 0 Å². The lowest BCUT2D eigenvalue weighted by molar-refractivity contribution is -0.138. The van der Waals surface area contributed by atoms with Crippen molar-refractivity contribution in [1.29, 1.82) is 0 Å². The van der Waals surface area contributed by atoms with Crippen LogP contribution in [0.25, 0.3) is 45.4 Å². The highest BCUT2D eigenvalue weighted by atomic mass is 35.5. The average Bonchev–Trinajstić information content (AvgIpc) is 3.56. The fourth-order valence-electron chi connectivity index (χ4n) is 4.73. The molecule has 0 radical (unpaired) electrons. The molecular formula is C30H24Cl2F6N8O2S2. The third-order valence-corrected chi connectivity index (χ3v) is 10.3. The smallest absolute Gasteiger partial charge is 0.310 e. The molecule has 0 unspecified atom stereocenters. The molecule has 264 valence electrons. The Bertz CT molecular complexity index is 2340. The highest BCUT2D eigenvalue weighted by Crippen LogP contribution is 2.35. The number of aromatic nitrogens is 8. The highest BCUT2D eigenvalue weighted by Gasteiger charge is 2.33. The number of pyridine rings is 4. The van der Waals surface area contributed by atoms with Crippen molar-refractivity contribution in [3.05, 3.63) is 70.2 Å². The molecule has 0 atom stereocenters. The van der Waals surface area contributed by atoms with Crippen LogP contribution in [0.1, 0.15) is 25.0 Å². The quantitative estimate of drug-likeness (QED) is 0.0934. The molecule has 20 heteroatoms. The Morgan fingerprint density at radius 2 is 1.18 bits per heavy atom. The molecular weight excluding hydrogens is 753 g/mol. The molecule has 0 N–H and O–H groups in total. The summed E-state index contributed by atoms with van der Waals surface area (Å²) in [5, 5.41) is 0.326. The van der Waals surface area contributed by atoms with Crippen LogP contribution < -0.4 is 0 Å². The van der Waals surface area contributed by atoms with Gasteiger partial charge in [0.15, 0.2) is 32.8 Å². The number of hydrogen-bond acceptors (Lipinski definition) is 9. The van der Waals surface area contributed by atoms with Gasteiger partial charge in [0.25, 0.3) is 0 Å². The number of sulfone groups is 1. The third-order valence-electron chi connectivity index (χ3n) is 7.16. The van der Waals surface area contributed by atoms with E-state index in [1.165, 1.54) is 30.7 Å². The summed E-state index contributed by atoms with van der Waals surface area (Å²) in [5.74, 6) is 1.12. The molecule has 0 fully saturated rings. The Morgan fingerprint density at radius 3 is 1.64 bits per heavy atom. The van der Waals surface area contributed by atoms with Crippen LogP contribution in [0, 0.1) is 0 Å². The Balaban J connectivity index is 0.000000195. The number of thioether (sulfide) groups is 1. The standard InChI is InChI=1S/C15H12ClF3N4O2S.C15H12ClF3N4S/c1-3-26(24,25)10-4-5-11(16)22-12(10)14-21-9-6-8(15(17,18)19)7-20-13(9)23(14)2;1-3-24-10-4-5-11(16)22-12(10)14-21-9-6-8(15(17,18)19)7-20-13(9)23(14)2/h4-7H,3H2,1-2H3;4-7H,3H2,1-2H3. The zero-order chi connectivity index (χ0) is 36.8. The molecule has 0 aromatic carbocycles. The maximum Gasteiger partial charge on any atom is 0.417 e. The zero-order valence-electron chi connectivity index (χ0n) is 26.3. The number of alkyl halides is 6. The summed E-state index contributed by atoms with van der Waals surface area (Å²) in [4.78, 5) is 25.2. The summed E-state index contributed by atoms with van der Waals surface area (Å²) >= 11 is 13.4. The summed E-state index contributed by atoms with van der Waals surface area (Å²) in [6, 6.07) is 7.97. The van der Waals surface area contributed by atoms with Crippen molar-refractivity contribution in [2.45, 2.75) is 36.0 Å². The molecule has 50 heavy (non-hydrogen) atoms. The normalized spacial score (nSPS) is 12.4. The van der Waals surface area contributed by atoms with Crippen molar-refractivity contribution in [3.63, 3.8) is 0 Å². The minimum atomic E-state index is -4.57. The van der Waals surface area contributed by atoms with Gasteiger partial charge in [0.1, 0.15) is 32.7 Å². The second-order valence-electron chi connectivity index (χ2n) is 10.4. The van der Waals surface area contributed by atoms with Gasteiger partial charge in [-0.25, -0.2) is 38.3 Å². The third kappa shape index (κ3) is 7.52. The number of nitrogens with zero attached hydrogens (tertiary/aromatic N) is 8. The fourth-order valence-corrected chi connectivity index (χ4v) is 6.79. The van der Waals surface area contributed by atoms with E-state index in [1.54, 1.807) is 29.4 Å². The van der Waals surface area contributed by atoms with E-state index >= 15 is 0 Å². The summed E-state index contributed by atoms with van der Waals surface area (Å²) in [5.41, 5.74) is -0.633. The van der Waals surface area contributed by atoms with Gasteiger partial charge in [0, 0.05) is 31.4 Å². The molecule has 6 heterocycles. The number of hydrogen-bond donors (Lipinski definition) is 0. The van der Waals surface area contributed by atoms with Crippen molar-refractivity contribution in [3.8, 4) is 23.0 Å². The van der Waals surface area contributed by atoms with Crippen LogP contribution in [0.15, 0.2) is 58.6 Å². The van der Waals surface area contributed by atoms with E-state index in [0.717, 1.165) is 29.0 Å². The van der Waals surface area contributed by atoms with Gasteiger partial charge < -0.3 is 9.13 Å². The minimum absolute atomic E-state index is 0.0288. The van der Waals surface area contributed by atoms with E-state index < -0.39 is 33.3 Å². The summed E-state index contributed by atoms with van der Waals surface area (Å²) in [6.45, 7) is 3.47. The van der Waals surface area contributed by atoms with Gasteiger partial charge in [-0.3, -0.25) is 0 Å². The first-order valence-corrected chi connectivity index (χ1v) is 17.7. The zero-order valence-corrected chi connectivity index (χ0v) is 29.4. The molecule has 0 saturated heterocycles. The lowest BCUT2D eigenvalue weighted by Crippen LogP contribution is -2.08. The maximum absolute atomic E-state index is 12.9. The van der Waals surface area contributed by atoms with Crippen molar-refractivity contribution in [2.24, 2.45) is 14.1 Å². The van der Waals surface area contributed by atoms with Crippen LogP contribution in [0.4, 0.5) is 26.3 Å². The van der Waals surface area contributed by atoms with E-state index in [4.69, 9.17) is 23.2 Å². The van der Waals surface area contributed by atoms with E-state index in [1.807, 2.05) is 13.0 Å². The van der Waals surface area contributed by atoms with Crippen molar-refractivity contribution in [2.75, 3.05) is 11.5 Å². The number of fused-ring (bicyclic) bond motifs is 2. The average molecular weight is 778 g/mol. The molecule has 0 saturated carbocycles. The second kappa shape index (κ2) is 14.0. The van der Waals surface area contributed by atoms with Gasteiger partial charge in [-0.05, 0) is 42.2 Å². The van der Waals surface area contributed by atoms with Crippen LogP contribution in [0.2, 0.25) is 10.3 Å². The van der Waals surface area contributed by atoms with E-state index in [9.17, 15) is 34.8 Å². The molecule has 10 nitrogen and oxygen atoms in total. The second-order valence-corrected chi connectivity index (χ2v) is 14.7. The van der Waals surface area contributed by atoms with E-state index in [0.29, 0.717) is 28.5 Å². The molecule has 6 aromatic rings. The van der Waals surface area contributed by atoms with Gasteiger partial charge in [0.05, 0.1) is 21.8 Å². The van der Waals surface area contributed by atoms with Gasteiger partial charge in [-0.15, -0.1) is 11.8 Å². The van der Waals surface area contributed by atoms with E-state index in [-0.39, 0.29) is 44.0 Å².